The number of amides is 1. The second-order valence-corrected chi connectivity index (χ2v) is 6.33. The summed E-state index contributed by atoms with van der Waals surface area (Å²) in [7, 11) is 0. The first kappa shape index (κ1) is 17.9. The Morgan fingerprint density at radius 2 is 2.00 bits per heavy atom. The molecule has 3 aromatic rings. The van der Waals surface area contributed by atoms with Gasteiger partial charge in [0.25, 0.3) is 5.91 Å². The summed E-state index contributed by atoms with van der Waals surface area (Å²) >= 11 is 5.93. The zero-order valence-corrected chi connectivity index (χ0v) is 15.2. The van der Waals surface area contributed by atoms with E-state index in [0.29, 0.717) is 22.4 Å². The highest BCUT2D eigenvalue weighted by Crippen LogP contribution is 2.22. The molecular weight excluding hydrogens is 352 g/mol. The fourth-order valence-electron chi connectivity index (χ4n) is 2.55. The maximum atomic E-state index is 12.4. The van der Waals surface area contributed by atoms with Gasteiger partial charge in [-0.15, -0.1) is 0 Å². The molecule has 1 atom stereocenters. The van der Waals surface area contributed by atoms with Crippen LogP contribution in [0.5, 0.6) is 5.75 Å². The van der Waals surface area contributed by atoms with Gasteiger partial charge in [0.15, 0.2) is 12.4 Å². The molecule has 1 amide bonds. The Morgan fingerprint density at radius 1 is 1.23 bits per heavy atom. The summed E-state index contributed by atoms with van der Waals surface area (Å²) in [5.41, 5.74) is 1.76. The molecule has 134 valence electrons. The number of carbonyl (C=O) groups is 1. The van der Waals surface area contributed by atoms with Gasteiger partial charge in [0.1, 0.15) is 17.6 Å². The van der Waals surface area contributed by atoms with E-state index < -0.39 is 6.04 Å². The van der Waals surface area contributed by atoms with Gasteiger partial charge >= 0.3 is 0 Å². The maximum absolute atomic E-state index is 12.4. The highest BCUT2D eigenvalue weighted by Gasteiger charge is 2.21. The molecule has 6 nitrogen and oxygen atoms in total. The smallest absolute Gasteiger partial charge is 0.258 e. The van der Waals surface area contributed by atoms with Crippen molar-refractivity contribution in [2.45, 2.75) is 19.9 Å². The average molecular weight is 371 g/mol. The number of H-pyrrole nitrogens is 1. The van der Waals surface area contributed by atoms with Crippen molar-refractivity contribution >= 4 is 17.5 Å². The predicted octanol–water partition coefficient (Wildman–Crippen LogP) is 3.36. The number of ether oxygens (including phenoxy) is 1. The number of aryl methyl sites for hydroxylation is 2. The SMILES string of the molecule is Cc1nc(C(NC(=O)COc2ccc(Cl)cc2C)c2ccccc2)n[nH]1. The molecule has 0 spiro atoms. The van der Waals surface area contributed by atoms with E-state index in [1.807, 2.05) is 44.2 Å². The van der Waals surface area contributed by atoms with Crippen LogP contribution in [0, 0.1) is 13.8 Å². The van der Waals surface area contributed by atoms with Crippen LogP contribution in [0.4, 0.5) is 0 Å². The van der Waals surface area contributed by atoms with Crippen LogP contribution in [0.3, 0.4) is 0 Å². The van der Waals surface area contributed by atoms with E-state index in [1.54, 1.807) is 18.2 Å². The van der Waals surface area contributed by atoms with E-state index >= 15 is 0 Å². The molecule has 26 heavy (non-hydrogen) atoms. The Hall–Kier alpha value is -2.86. The molecule has 7 heteroatoms. The van der Waals surface area contributed by atoms with Gasteiger partial charge in [0.2, 0.25) is 0 Å². The van der Waals surface area contributed by atoms with Crippen LogP contribution in [0.25, 0.3) is 0 Å². The van der Waals surface area contributed by atoms with Crippen molar-refractivity contribution in [1.82, 2.24) is 20.5 Å². The lowest BCUT2D eigenvalue weighted by Crippen LogP contribution is -2.34. The summed E-state index contributed by atoms with van der Waals surface area (Å²) in [5.74, 6) is 1.54. The normalized spacial score (nSPS) is 11.8. The molecule has 3 rings (SSSR count). The van der Waals surface area contributed by atoms with Gasteiger partial charge < -0.3 is 10.1 Å². The van der Waals surface area contributed by atoms with Gasteiger partial charge in [0.05, 0.1) is 0 Å². The number of benzene rings is 2. The fourth-order valence-corrected chi connectivity index (χ4v) is 2.78. The minimum Gasteiger partial charge on any atom is -0.484 e. The molecule has 0 saturated carbocycles. The Bertz CT molecular complexity index is 896. The summed E-state index contributed by atoms with van der Waals surface area (Å²) in [6, 6.07) is 14.4. The highest BCUT2D eigenvalue weighted by molar-refractivity contribution is 6.30. The lowest BCUT2D eigenvalue weighted by molar-refractivity contribution is -0.123. The van der Waals surface area contributed by atoms with Gasteiger partial charge in [-0.3, -0.25) is 9.89 Å². The molecule has 0 fully saturated rings. The van der Waals surface area contributed by atoms with Crippen LogP contribution in [0.1, 0.15) is 28.8 Å². The maximum Gasteiger partial charge on any atom is 0.258 e. The monoisotopic (exact) mass is 370 g/mol. The zero-order valence-electron chi connectivity index (χ0n) is 14.5. The third kappa shape index (κ3) is 4.40. The molecule has 0 aliphatic heterocycles. The van der Waals surface area contributed by atoms with Crippen LogP contribution in [0.15, 0.2) is 48.5 Å². The van der Waals surface area contributed by atoms with E-state index in [1.165, 1.54) is 0 Å². The van der Waals surface area contributed by atoms with E-state index in [0.717, 1.165) is 11.1 Å². The third-order valence-corrected chi connectivity index (χ3v) is 4.04. The second kappa shape index (κ2) is 8.01. The van der Waals surface area contributed by atoms with Crippen LogP contribution >= 0.6 is 11.6 Å². The van der Waals surface area contributed by atoms with Gasteiger partial charge in [-0.05, 0) is 43.2 Å². The largest absolute Gasteiger partial charge is 0.484 e. The van der Waals surface area contributed by atoms with Gasteiger partial charge in [-0.1, -0.05) is 41.9 Å². The van der Waals surface area contributed by atoms with Crippen molar-refractivity contribution in [3.63, 3.8) is 0 Å². The summed E-state index contributed by atoms with van der Waals surface area (Å²) < 4.78 is 5.61. The number of hydrogen-bond donors (Lipinski definition) is 2. The van der Waals surface area contributed by atoms with Crippen LogP contribution < -0.4 is 10.1 Å². The first-order valence-corrected chi connectivity index (χ1v) is 8.53. The summed E-state index contributed by atoms with van der Waals surface area (Å²) in [4.78, 5) is 16.8. The van der Waals surface area contributed by atoms with Crippen molar-refractivity contribution in [1.29, 1.82) is 0 Å². The molecule has 0 aliphatic rings. The van der Waals surface area contributed by atoms with Gasteiger partial charge in [-0.2, -0.15) is 5.10 Å². The molecule has 1 heterocycles. The number of nitrogens with zero attached hydrogens (tertiary/aromatic N) is 2. The summed E-state index contributed by atoms with van der Waals surface area (Å²) in [6.45, 7) is 3.57. The van der Waals surface area contributed by atoms with Crippen molar-refractivity contribution in [3.05, 3.63) is 76.3 Å². The van der Waals surface area contributed by atoms with E-state index in [2.05, 4.69) is 20.5 Å². The molecule has 0 radical (unpaired) electrons. The van der Waals surface area contributed by atoms with Crippen molar-refractivity contribution in [2.75, 3.05) is 6.61 Å². The van der Waals surface area contributed by atoms with Crippen molar-refractivity contribution in [3.8, 4) is 5.75 Å². The van der Waals surface area contributed by atoms with Crippen molar-refractivity contribution < 1.29 is 9.53 Å². The molecule has 2 aromatic carbocycles. The molecule has 1 unspecified atom stereocenters. The van der Waals surface area contributed by atoms with E-state index in [9.17, 15) is 4.79 Å². The zero-order chi connectivity index (χ0) is 18.5. The molecule has 1 aromatic heterocycles. The number of aromatic amines is 1. The molecule has 0 saturated heterocycles. The third-order valence-electron chi connectivity index (χ3n) is 3.81. The first-order chi connectivity index (χ1) is 12.5. The van der Waals surface area contributed by atoms with E-state index in [4.69, 9.17) is 16.3 Å². The highest BCUT2D eigenvalue weighted by atomic mass is 35.5. The van der Waals surface area contributed by atoms with E-state index in [-0.39, 0.29) is 12.5 Å². The Morgan fingerprint density at radius 3 is 2.65 bits per heavy atom. The Labute approximate surface area is 156 Å². The van der Waals surface area contributed by atoms with Crippen molar-refractivity contribution in [2.24, 2.45) is 0 Å². The number of rotatable bonds is 6. The molecule has 0 bridgehead atoms. The average Bonchev–Trinajstić information content (AvgIpc) is 3.06. The number of hydrogen-bond acceptors (Lipinski definition) is 4. The topological polar surface area (TPSA) is 79.9 Å². The van der Waals surface area contributed by atoms with Crippen LogP contribution in [-0.4, -0.2) is 27.7 Å². The van der Waals surface area contributed by atoms with Crippen LogP contribution in [-0.2, 0) is 4.79 Å². The first-order valence-electron chi connectivity index (χ1n) is 8.15. The Balaban J connectivity index is 1.71. The van der Waals surface area contributed by atoms with Gasteiger partial charge in [-0.25, -0.2) is 4.98 Å². The number of halogens is 1. The number of carbonyl (C=O) groups excluding carboxylic acids is 1. The summed E-state index contributed by atoms with van der Waals surface area (Å²) in [6.07, 6.45) is 0. The number of nitrogens with one attached hydrogen (secondary N) is 2. The van der Waals surface area contributed by atoms with Crippen LogP contribution in [0.2, 0.25) is 5.02 Å². The van der Waals surface area contributed by atoms with Gasteiger partial charge in [0, 0.05) is 5.02 Å². The molecule has 0 aliphatic carbocycles. The minimum absolute atomic E-state index is 0.116. The lowest BCUT2D eigenvalue weighted by atomic mass is 10.1. The quantitative estimate of drug-likeness (QED) is 0.697. The Kier molecular flexibility index (Phi) is 5.53. The minimum atomic E-state index is -0.455. The second-order valence-electron chi connectivity index (χ2n) is 5.89. The predicted molar refractivity (Wildman–Crippen MR) is 99.2 cm³/mol. The lowest BCUT2D eigenvalue weighted by Gasteiger charge is -2.17. The summed E-state index contributed by atoms with van der Waals surface area (Å²) in [5, 5.41) is 10.5. The molecular formula is C19H19ClN4O2. The fraction of sp³-hybridized carbons (Fsp3) is 0.211. The molecule has 2 N–H and O–H groups in total. The number of aromatic nitrogens is 3. The standard InChI is InChI=1S/C19H19ClN4O2/c1-12-10-15(20)8-9-16(12)26-11-17(25)22-18(14-6-4-3-5-7-14)19-21-13(2)23-24-19/h3-10,18H,11H2,1-2H3,(H,22,25)(H,21,23,24).